The summed E-state index contributed by atoms with van der Waals surface area (Å²) >= 11 is 0. The Balaban J connectivity index is 3.61. The van der Waals surface area contributed by atoms with Gasteiger partial charge in [0, 0.05) is 19.4 Å². The van der Waals surface area contributed by atoms with E-state index in [1.165, 1.54) is 77.0 Å². The number of carbonyl (C=O) groups excluding carboxylic acids is 2. The zero-order valence-electron chi connectivity index (χ0n) is 37.4. The smallest absolute Gasteiger partial charge is 0.463 e. The van der Waals surface area contributed by atoms with Crippen molar-refractivity contribution in [2.24, 2.45) is 0 Å². The topological polar surface area (TPSA) is 131 Å². The Labute approximate surface area is 360 Å². The Hall–Kier alpha value is -2.55. The number of phosphoric ester groups is 1. The van der Waals surface area contributed by atoms with Gasteiger partial charge in [0.05, 0.1) is 13.2 Å². The fourth-order valence-corrected chi connectivity index (χ4v) is 6.86. The van der Waals surface area contributed by atoms with E-state index < -0.39 is 26.5 Å². The third-order valence-corrected chi connectivity index (χ3v) is 10.6. The predicted octanol–water partition coefficient (Wildman–Crippen LogP) is 13.4. The molecule has 0 aliphatic carbocycles. The van der Waals surface area contributed by atoms with Crippen LogP contribution in [0.15, 0.2) is 72.9 Å². The van der Waals surface area contributed by atoms with Crippen LogP contribution in [-0.2, 0) is 27.9 Å². The van der Waals surface area contributed by atoms with Gasteiger partial charge in [0.25, 0.3) is 0 Å². The second kappa shape index (κ2) is 45.0. The SMILES string of the molecule is CC/C=C\C/C=C\C/C=C\CCCCCCCC(=O)NCCOP(=O)(O)OCC(O)COC(=O)CCCCCCCCCCCC/C=C\C/C=C\C/C=C\CCCCC. The molecule has 0 aromatic heterocycles. The third-order valence-electron chi connectivity index (χ3n) is 9.62. The van der Waals surface area contributed by atoms with Crippen LogP contribution in [0.4, 0.5) is 0 Å². The summed E-state index contributed by atoms with van der Waals surface area (Å²) in [4.78, 5) is 34.0. The van der Waals surface area contributed by atoms with Gasteiger partial charge in [-0.25, -0.2) is 4.57 Å². The molecule has 1 amide bonds. The molecule has 0 heterocycles. The maximum Gasteiger partial charge on any atom is 0.472 e. The van der Waals surface area contributed by atoms with Crippen molar-refractivity contribution in [3.63, 3.8) is 0 Å². The van der Waals surface area contributed by atoms with E-state index in [2.05, 4.69) is 92.1 Å². The number of rotatable bonds is 43. The summed E-state index contributed by atoms with van der Waals surface area (Å²) in [5.74, 6) is -0.541. The number of carbonyl (C=O) groups is 2. The highest BCUT2D eigenvalue weighted by atomic mass is 31.2. The van der Waals surface area contributed by atoms with Crippen molar-refractivity contribution in [3.8, 4) is 0 Å². The molecule has 0 bridgehead atoms. The van der Waals surface area contributed by atoms with Gasteiger partial charge in [0.1, 0.15) is 12.7 Å². The van der Waals surface area contributed by atoms with Gasteiger partial charge in [0.15, 0.2) is 0 Å². The number of aliphatic hydroxyl groups is 1. The second-order valence-corrected chi connectivity index (χ2v) is 16.8. The van der Waals surface area contributed by atoms with Crippen LogP contribution in [0.1, 0.15) is 194 Å². The van der Waals surface area contributed by atoms with E-state index in [0.29, 0.717) is 6.42 Å². The van der Waals surface area contributed by atoms with Crippen LogP contribution in [-0.4, -0.2) is 54.3 Å². The molecule has 0 aromatic carbocycles. The van der Waals surface area contributed by atoms with Crippen molar-refractivity contribution in [2.75, 3.05) is 26.4 Å². The van der Waals surface area contributed by atoms with Crippen LogP contribution in [0.5, 0.6) is 0 Å². The lowest BCUT2D eigenvalue weighted by molar-refractivity contribution is -0.147. The Kier molecular flexibility index (Phi) is 43.0. The summed E-state index contributed by atoms with van der Waals surface area (Å²) in [6, 6.07) is 0. The number of nitrogens with one attached hydrogen (secondary N) is 1. The normalized spacial score (nSPS) is 13.9. The summed E-state index contributed by atoms with van der Waals surface area (Å²) in [7, 11) is -4.43. The third kappa shape index (κ3) is 46.4. The zero-order chi connectivity index (χ0) is 43.2. The average Bonchev–Trinajstić information content (AvgIpc) is 3.22. The molecule has 3 N–H and O–H groups in total. The fourth-order valence-electron chi connectivity index (χ4n) is 6.11. The first-order valence-electron chi connectivity index (χ1n) is 23.4. The molecule has 0 radical (unpaired) electrons. The minimum Gasteiger partial charge on any atom is -0.463 e. The molecule has 0 aliphatic heterocycles. The highest BCUT2D eigenvalue weighted by molar-refractivity contribution is 7.47. The van der Waals surface area contributed by atoms with Crippen molar-refractivity contribution >= 4 is 19.7 Å². The predicted molar refractivity (Wildman–Crippen MR) is 247 cm³/mol. The quantitative estimate of drug-likeness (QED) is 0.0239. The van der Waals surface area contributed by atoms with E-state index in [4.69, 9.17) is 13.8 Å². The Morgan fingerprint density at radius 1 is 0.542 bits per heavy atom. The fraction of sp³-hybridized carbons (Fsp3) is 0.714. The van der Waals surface area contributed by atoms with E-state index in [1.807, 2.05) is 0 Å². The summed E-state index contributed by atoms with van der Waals surface area (Å²) in [6.45, 7) is 3.39. The molecule has 340 valence electrons. The lowest BCUT2D eigenvalue weighted by Gasteiger charge is -2.15. The zero-order valence-corrected chi connectivity index (χ0v) is 38.3. The lowest BCUT2D eigenvalue weighted by atomic mass is 10.1. The van der Waals surface area contributed by atoms with Crippen LogP contribution >= 0.6 is 7.82 Å². The van der Waals surface area contributed by atoms with Gasteiger partial charge in [-0.05, 0) is 83.5 Å². The Morgan fingerprint density at radius 3 is 1.46 bits per heavy atom. The maximum absolute atomic E-state index is 12.1. The number of hydrogen-bond donors (Lipinski definition) is 3. The Bertz CT molecular complexity index is 1190. The van der Waals surface area contributed by atoms with E-state index in [-0.39, 0.29) is 32.1 Å². The molecule has 0 spiro atoms. The molecule has 0 fully saturated rings. The first kappa shape index (κ1) is 56.5. The van der Waals surface area contributed by atoms with Gasteiger partial charge in [-0.3, -0.25) is 18.6 Å². The van der Waals surface area contributed by atoms with E-state index in [0.717, 1.165) is 89.9 Å². The Morgan fingerprint density at radius 2 is 0.966 bits per heavy atom. The van der Waals surface area contributed by atoms with Gasteiger partial charge < -0.3 is 20.1 Å². The molecule has 9 nitrogen and oxygen atoms in total. The van der Waals surface area contributed by atoms with Crippen LogP contribution in [0.25, 0.3) is 0 Å². The number of ether oxygens (including phenoxy) is 1. The standard InChI is InChI=1S/C49H86NO8P/c1-3-5-7-9-11-13-15-17-19-20-21-22-23-24-25-26-28-30-32-34-36-38-40-42-49(53)56-45-47(51)46-58-59(54,55)57-44-43-50-48(52)41-39-37-35-33-31-29-27-18-16-14-12-10-8-6-4-2/h6,8,11-14,17-19,21-22,27,47,51H,3-5,7,9-10,15-16,20,23-26,28-46H2,1-2H3,(H,50,52)(H,54,55)/b8-6-,13-11-,14-12-,19-17-,22-21-,27-18-. The first-order chi connectivity index (χ1) is 28.8. The summed E-state index contributed by atoms with van der Waals surface area (Å²) in [5.41, 5.74) is 0. The molecular formula is C49H86NO8P. The number of unbranched alkanes of at least 4 members (excludes halogenated alkanes) is 18. The minimum atomic E-state index is -4.43. The lowest BCUT2D eigenvalue weighted by Crippen LogP contribution is -2.27. The van der Waals surface area contributed by atoms with Crippen LogP contribution < -0.4 is 5.32 Å². The molecule has 2 unspecified atom stereocenters. The van der Waals surface area contributed by atoms with Crippen molar-refractivity contribution in [1.29, 1.82) is 0 Å². The van der Waals surface area contributed by atoms with Crippen molar-refractivity contribution < 1.29 is 37.9 Å². The van der Waals surface area contributed by atoms with Gasteiger partial charge >= 0.3 is 13.8 Å². The summed E-state index contributed by atoms with van der Waals surface area (Å²) in [5, 5.41) is 12.7. The molecular weight excluding hydrogens is 762 g/mol. The molecule has 59 heavy (non-hydrogen) atoms. The number of amides is 1. The summed E-state index contributed by atoms with van der Waals surface area (Å²) < 4.78 is 26.9. The number of aliphatic hydroxyl groups excluding tert-OH is 1. The van der Waals surface area contributed by atoms with Crippen molar-refractivity contribution in [2.45, 2.75) is 200 Å². The number of phosphoric acid groups is 1. The monoisotopic (exact) mass is 848 g/mol. The molecule has 0 saturated heterocycles. The average molecular weight is 848 g/mol. The minimum absolute atomic E-state index is 0.0685. The van der Waals surface area contributed by atoms with Crippen LogP contribution in [0.2, 0.25) is 0 Å². The molecule has 2 atom stereocenters. The van der Waals surface area contributed by atoms with Gasteiger partial charge in [0.2, 0.25) is 5.91 Å². The van der Waals surface area contributed by atoms with Gasteiger partial charge in [-0.15, -0.1) is 0 Å². The van der Waals surface area contributed by atoms with Crippen LogP contribution in [0.3, 0.4) is 0 Å². The number of allylic oxidation sites excluding steroid dienone is 12. The molecule has 0 aromatic rings. The van der Waals surface area contributed by atoms with Crippen molar-refractivity contribution in [3.05, 3.63) is 72.9 Å². The van der Waals surface area contributed by atoms with E-state index >= 15 is 0 Å². The highest BCUT2D eigenvalue weighted by Crippen LogP contribution is 2.42. The summed E-state index contributed by atoms with van der Waals surface area (Å²) in [6.07, 6.45) is 55.5. The second-order valence-electron chi connectivity index (χ2n) is 15.3. The van der Waals surface area contributed by atoms with E-state index in [9.17, 15) is 24.2 Å². The van der Waals surface area contributed by atoms with Crippen LogP contribution in [0, 0.1) is 0 Å². The number of hydrogen-bond acceptors (Lipinski definition) is 7. The van der Waals surface area contributed by atoms with E-state index in [1.54, 1.807) is 0 Å². The van der Waals surface area contributed by atoms with Gasteiger partial charge in [-0.1, -0.05) is 170 Å². The van der Waals surface area contributed by atoms with Gasteiger partial charge in [-0.2, -0.15) is 0 Å². The highest BCUT2D eigenvalue weighted by Gasteiger charge is 2.23. The first-order valence-corrected chi connectivity index (χ1v) is 24.9. The molecule has 10 heteroatoms. The maximum atomic E-state index is 12.1. The number of esters is 1. The molecule has 0 aliphatic rings. The molecule has 0 saturated carbocycles. The van der Waals surface area contributed by atoms with Crippen molar-refractivity contribution in [1.82, 2.24) is 5.32 Å². The molecule has 0 rings (SSSR count). The largest absolute Gasteiger partial charge is 0.472 e.